The van der Waals surface area contributed by atoms with Crippen LogP contribution in [0.25, 0.3) is 5.69 Å². The number of aromatic nitrogens is 4. The van der Waals surface area contributed by atoms with Crippen LogP contribution in [0, 0.1) is 0 Å². The van der Waals surface area contributed by atoms with E-state index >= 15 is 0 Å². The van der Waals surface area contributed by atoms with Crippen molar-refractivity contribution in [3.63, 3.8) is 0 Å². The molecule has 9 nitrogen and oxygen atoms in total. The van der Waals surface area contributed by atoms with Crippen molar-refractivity contribution < 1.29 is 14.3 Å². The van der Waals surface area contributed by atoms with Crippen molar-refractivity contribution in [3.05, 3.63) is 24.3 Å². The number of thioether (sulfide) groups is 1. The van der Waals surface area contributed by atoms with Crippen LogP contribution in [-0.2, 0) is 9.59 Å². The zero-order chi connectivity index (χ0) is 18.9. The predicted molar refractivity (Wildman–Crippen MR) is 97.3 cm³/mol. The largest absolute Gasteiger partial charge is 0.494 e. The second-order valence-corrected chi connectivity index (χ2v) is 6.36. The fourth-order valence-corrected chi connectivity index (χ4v) is 2.80. The van der Waals surface area contributed by atoms with Gasteiger partial charge in [0.25, 0.3) is 0 Å². The fourth-order valence-electron chi connectivity index (χ4n) is 2.10. The summed E-state index contributed by atoms with van der Waals surface area (Å²) in [4.78, 5) is 23.9. The van der Waals surface area contributed by atoms with Crippen molar-refractivity contribution in [3.8, 4) is 11.4 Å². The van der Waals surface area contributed by atoms with Gasteiger partial charge in [0.2, 0.25) is 17.0 Å². The lowest BCUT2D eigenvalue weighted by Gasteiger charge is -2.13. The molecule has 0 radical (unpaired) electrons. The molecule has 1 aromatic carbocycles. The Morgan fingerprint density at radius 2 is 2.12 bits per heavy atom. The molecular weight excluding hydrogens is 356 g/mol. The van der Waals surface area contributed by atoms with Gasteiger partial charge in [0.1, 0.15) is 17.5 Å². The Balaban J connectivity index is 1.95. The number of amides is 2. The zero-order valence-corrected chi connectivity index (χ0v) is 15.7. The molecule has 1 heterocycles. The predicted octanol–water partition coefficient (Wildman–Crippen LogP) is 0.794. The number of ether oxygens (including phenoxy) is 1. The molecule has 0 saturated heterocycles. The van der Waals surface area contributed by atoms with E-state index in [1.807, 2.05) is 25.1 Å². The Hall–Kier alpha value is -2.62. The van der Waals surface area contributed by atoms with E-state index in [1.54, 1.807) is 20.1 Å². The Bertz CT molecular complexity index is 751. The highest BCUT2D eigenvalue weighted by Crippen LogP contribution is 2.25. The van der Waals surface area contributed by atoms with Gasteiger partial charge >= 0.3 is 0 Å². The van der Waals surface area contributed by atoms with E-state index < -0.39 is 6.04 Å². The highest BCUT2D eigenvalue weighted by Gasteiger charge is 2.17. The minimum atomic E-state index is -0.597. The summed E-state index contributed by atoms with van der Waals surface area (Å²) in [5.41, 5.74) is 0.676. The third-order valence-electron chi connectivity index (χ3n) is 3.41. The van der Waals surface area contributed by atoms with Crippen LogP contribution in [0.1, 0.15) is 20.3 Å². The molecule has 1 aromatic heterocycles. The number of tetrazole rings is 1. The molecular formula is C16H22N6O3S. The smallest absolute Gasteiger partial charge is 0.242 e. The summed E-state index contributed by atoms with van der Waals surface area (Å²) < 4.78 is 6.82. The number of carbonyl (C=O) groups excluding carboxylic acids is 2. The average Bonchev–Trinajstić information content (AvgIpc) is 3.12. The molecule has 2 rings (SSSR count). The van der Waals surface area contributed by atoms with Gasteiger partial charge in [0.15, 0.2) is 0 Å². The van der Waals surface area contributed by atoms with E-state index in [-0.39, 0.29) is 17.6 Å². The minimum absolute atomic E-state index is 0.0842. The van der Waals surface area contributed by atoms with Crippen LogP contribution in [0.4, 0.5) is 0 Å². The first-order chi connectivity index (χ1) is 12.6. The van der Waals surface area contributed by atoms with Crippen LogP contribution in [0.15, 0.2) is 29.4 Å². The van der Waals surface area contributed by atoms with E-state index in [2.05, 4.69) is 26.2 Å². The van der Waals surface area contributed by atoms with E-state index in [1.165, 1.54) is 16.4 Å². The molecule has 10 heteroatoms. The third kappa shape index (κ3) is 5.19. The Morgan fingerprint density at radius 3 is 2.85 bits per heavy atom. The zero-order valence-electron chi connectivity index (χ0n) is 14.9. The number of methoxy groups -OCH3 is 1. The molecule has 0 saturated carbocycles. The van der Waals surface area contributed by atoms with Crippen molar-refractivity contribution >= 4 is 23.6 Å². The molecule has 2 N–H and O–H groups in total. The summed E-state index contributed by atoms with van der Waals surface area (Å²) in [5.74, 6) is 0.223. The highest BCUT2D eigenvalue weighted by atomic mass is 32.2. The highest BCUT2D eigenvalue weighted by molar-refractivity contribution is 7.99. The van der Waals surface area contributed by atoms with Crippen LogP contribution in [0.5, 0.6) is 5.75 Å². The van der Waals surface area contributed by atoms with Gasteiger partial charge in [-0.05, 0) is 35.9 Å². The van der Waals surface area contributed by atoms with Crippen LogP contribution in [0.3, 0.4) is 0 Å². The maximum Gasteiger partial charge on any atom is 0.242 e. The number of para-hydroxylation sites is 2. The van der Waals surface area contributed by atoms with E-state index in [0.717, 1.165) is 6.42 Å². The van der Waals surface area contributed by atoms with Gasteiger partial charge < -0.3 is 15.4 Å². The Labute approximate surface area is 155 Å². The number of rotatable bonds is 9. The first-order valence-electron chi connectivity index (χ1n) is 8.18. The average molecular weight is 378 g/mol. The standard InChI is InChI=1S/C16H22N6O3S/c1-4-9-17-15(24)11(2)18-14(23)10-26-16-19-20-21-22(16)12-7-5-6-8-13(12)25-3/h5-8,11H,4,9-10H2,1-3H3,(H,17,24)(H,18,23)/t11-/m0/s1. The number of nitrogens with one attached hydrogen (secondary N) is 2. The molecule has 1 atom stereocenters. The molecule has 0 aliphatic heterocycles. The second-order valence-electron chi connectivity index (χ2n) is 5.41. The molecule has 0 bridgehead atoms. The molecule has 0 spiro atoms. The molecule has 0 fully saturated rings. The van der Waals surface area contributed by atoms with Gasteiger partial charge in [-0.3, -0.25) is 9.59 Å². The maximum absolute atomic E-state index is 12.1. The van der Waals surface area contributed by atoms with Crippen molar-refractivity contribution in [2.75, 3.05) is 19.4 Å². The summed E-state index contributed by atoms with van der Waals surface area (Å²) in [5, 5.41) is 17.4. The lowest BCUT2D eigenvalue weighted by molar-refractivity contribution is -0.127. The SMILES string of the molecule is CCCNC(=O)[C@H](C)NC(=O)CSc1nnnn1-c1ccccc1OC. The lowest BCUT2D eigenvalue weighted by Crippen LogP contribution is -2.45. The molecule has 0 aliphatic carbocycles. The van der Waals surface area contributed by atoms with Gasteiger partial charge in [-0.2, -0.15) is 4.68 Å². The van der Waals surface area contributed by atoms with Crippen LogP contribution >= 0.6 is 11.8 Å². The summed E-state index contributed by atoms with van der Waals surface area (Å²) in [6.07, 6.45) is 0.841. The van der Waals surface area contributed by atoms with Gasteiger partial charge in [-0.15, -0.1) is 5.10 Å². The Kier molecular flexibility index (Phi) is 7.39. The van der Waals surface area contributed by atoms with Crippen LogP contribution in [0.2, 0.25) is 0 Å². The van der Waals surface area contributed by atoms with Crippen molar-refractivity contribution in [2.24, 2.45) is 0 Å². The van der Waals surface area contributed by atoms with E-state index in [9.17, 15) is 9.59 Å². The summed E-state index contributed by atoms with van der Waals surface area (Å²) >= 11 is 1.17. The fraction of sp³-hybridized carbons (Fsp3) is 0.438. The number of nitrogens with zero attached hydrogens (tertiary/aromatic N) is 4. The molecule has 2 aromatic rings. The molecule has 140 valence electrons. The van der Waals surface area contributed by atoms with Gasteiger partial charge in [0, 0.05) is 6.54 Å². The number of hydrogen-bond donors (Lipinski definition) is 2. The second kappa shape index (κ2) is 9.76. The molecule has 0 aliphatic rings. The number of benzene rings is 1. The first-order valence-corrected chi connectivity index (χ1v) is 9.17. The van der Waals surface area contributed by atoms with Crippen LogP contribution < -0.4 is 15.4 Å². The van der Waals surface area contributed by atoms with Crippen molar-refractivity contribution in [1.29, 1.82) is 0 Å². The topological polar surface area (TPSA) is 111 Å². The molecule has 0 unspecified atom stereocenters. The van der Waals surface area contributed by atoms with Crippen LogP contribution in [-0.4, -0.2) is 57.5 Å². The minimum Gasteiger partial charge on any atom is -0.494 e. The van der Waals surface area contributed by atoms with Gasteiger partial charge in [0.05, 0.1) is 12.9 Å². The van der Waals surface area contributed by atoms with Crippen molar-refractivity contribution in [2.45, 2.75) is 31.5 Å². The van der Waals surface area contributed by atoms with Gasteiger partial charge in [-0.25, -0.2) is 0 Å². The third-order valence-corrected chi connectivity index (χ3v) is 4.33. The summed E-state index contributed by atoms with van der Waals surface area (Å²) in [6, 6.07) is 6.71. The molecule has 2 amide bonds. The first kappa shape index (κ1) is 19.7. The van der Waals surface area contributed by atoms with Crippen molar-refractivity contribution in [1.82, 2.24) is 30.8 Å². The number of carbonyl (C=O) groups is 2. The van der Waals surface area contributed by atoms with E-state index in [0.29, 0.717) is 23.1 Å². The van der Waals surface area contributed by atoms with Gasteiger partial charge in [-0.1, -0.05) is 30.8 Å². The monoisotopic (exact) mass is 378 g/mol. The quantitative estimate of drug-likeness (QED) is 0.621. The molecule has 26 heavy (non-hydrogen) atoms. The Morgan fingerprint density at radius 1 is 1.35 bits per heavy atom. The van der Waals surface area contributed by atoms with E-state index in [4.69, 9.17) is 4.74 Å². The lowest BCUT2D eigenvalue weighted by atomic mass is 10.3. The normalized spacial score (nSPS) is 11.7. The number of hydrogen-bond acceptors (Lipinski definition) is 7. The summed E-state index contributed by atoms with van der Waals surface area (Å²) in [7, 11) is 1.56. The maximum atomic E-state index is 12.1. The summed E-state index contributed by atoms with van der Waals surface area (Å²) in [6.45, 7) is 4.19.